The van der Waals surface area contributed by atoms with Gasteiger partial charge in [-0.1, -0.05) is 41.5 Å². The van der Waals surface area contributed by atoms with Gasteiger partial charge in [0.25, 0.3) is 0 Å². The second-order valence-corrected chi connectivity index (χ2v) is 9.57. The fraction of sp³-hybridized carbons (Fsp3) is 0.818. The molecule has 0 radical (unpaired) electrons. The topological polar surface area (TPSA) is 98.8 Å². The number of likely N-dealkylation sites (N-methyl/N-ethyl adjacent to an activating group) is 2. The summed E-state index contributed by atoms with van der Waals surface area (Å²) in [5.74, 6) is -1.18. The van der Waals surface area contributed by atoms with E-state index in [1.165, 1.54) is 4.90 Å². The van der Waals surface area contributed by atoms with Crippen molar-refractivity contribution in [2.24, 2.45) is 17.3 Å². The predicted octanol–water partition coefficient (Wildman–Crippen LogP) is 1.29. The minimum Gasteiger partial charge on any atom is -0.356 e. The predicted molar refractivity (Wildman–Crippen MR) is 119 cm³/mol. The van der Waals surface area contributed by atoms with Crippen LogP contribution in [-0.2, 0) is 19.2 Å². The first-order valence-electron chi connectivity index (χ1n) is 10.7. The molecular formula is C22H42N4O4. The standard InChI is InChI=1S/C22H42N4O4/c1-15(2)19(28)23-11-10-16(3)21(30)26(9)17(14-18(27)22(4,5)6)20(29)24-12-13-25(7)8/h15-17H,10-14H2,1-9H3,(H,23,28)(H,24,29). The van der Waals surface area contributed by atoms with E-state index in [0.29, 0.717) is 26.1 Å². The van der Waals surface area contributed by atoms with Gasteiger partial charge in [0, 0.05) is 50.4 Å². The van der Waals surface area contributed by atoms with Crippen LogP contribution in [0.5, 0.6) is 0 Å². The summed E-state index contributed by atoms with van der Waals surface area (Å²) >= 11 is 0. The summed E-state index contributed by atoms with van der Waals surface area (Å²) in [5.41, 5.74) is -0.598. The molecule has 0 rings (SSSR count). The zero-order valence-electron chi connectivity index (χ0n) is 20.3. The Morgan fingerprint density at radius 2 is 1.40 bits per heavy atom. The number of nitrogens with one attached hydrogen (secondary N) is 2. The SMILES string of the molecule is CC(C)C(=O)NCCC(C)C(=O)N(C)C(CC(=O)C(C)(C)C)C(=O)NCCN(C)C. The van der Waals surface area contributed by atoms with Crippen molar-refractivity contribution in [1.29, 1.82) is 0 Å². The van der Waals surface area contributed by atoms with Crippen molar-refractivity contribution in [2.45, 2.75) is 60.4 Å². The van der Waals surface area contributed by atoms with E-state index < -0.39 is 11.5 Å². The number of nitrogens with zero attached hydrogens (tertiary/aromatic N) is 2. The Morgan fingerprint density at radius 3 is 1.87 bits per heavy atom. The molecule has 0 spiro atoms. The second-order valence-electron chi connectivity index (χ2n) is 9.57. The summed E-state index contributed by atoms with van der Waals surface area (Å²) < 4.78 is 0. The zero-order chi connectivity index (χ0) is 23.6. The fourth-order valence-electron chi connectivity index (χ4n) is 2.65. The minimum absolute atomic E-state index is 0.0314. The lowest BCUT2D eigenvalue weighted by atomic mass is 9.86. The average molecular weight is 427 g/mol. The lowest BCUT2D eigenvalue weighted by molar-refractivity contribution is -0.144. The number of rotatable bonds is 12. The Kier molecular flexibility index (Phi) is 11.8. The molecule has 8 heteroatoms. The van der Waals surface area contributed by atoms with Gasteiger partial charge in [-0.25, -0.2) is 0 Å². The van der Waals surface area contributed by atoms with Crippen molar-refractivity contribution in [1.82, 2.24) is 20.4 Å². The third-order valence-corrected chi connectivity index (χ3v) is 5.01. The van der Waals surface area contributed by atoms with Gasteiger partial charge >= 0.3 is 0 Å². The van der Waals surface area contributed by atoms with E-state index in [1.807, 2.05) is 32.8 Å². The van der Waals surface area contributed by atoms with Gasteiger partial charge in [0.15, 0.2) is 0 Å². The van der Waals surface area contributed by atoms with E-state index in [9.17, 15) is 19.2 Å². The van der Waals surface area contributed by atoms with E-state index in [0.717, 1.165) is 0 Å². The molecule has 2 N–H and O–H groups in total. The molecule has 0 aliphatic heterocycles. The Morgan fingerprint density at radius 1 is 0.867 bits per heavy atom. The van der Waals surface area contributed by atoms with Gasteiger partial charge in [-0.2, -0.15) is 0 Å². The van der Waals surface area contributed by atoms with Crippen molar-refractivity contribution in [3.63, 3.8) is 0 Å². The van der Waals surface area contributed by atoms with E-state index in [1.54, 1.807) is 34.7 Å². The Labute approximate surface area is 182 Å². The van der Waals surface area contributed by atoms with Crippen molar-refractivity contribution < 1.29 is 19.2 Å². The van der Waals surface area contributed by atoms with E-state index >= 15 is 0 Å². The van der Waals surface area contributed by atoms with E-state index in [2.05, 4.69) is 10.6 Å². The lowest BCUT2D eigenvalue weighted by Gasteiger charge is -2.31. The number of amides is 3. The van der Waals surface area contributed by atoms with Crippen LogP contribution in [0.3, 0.4) is 0 Å². The summed E-state index contributed by atoms with van der Waals surface area (Å²) in [6, 6.07) is -0.862. The molecule has 0 saturated heterocycles. The van der Waals surface area contributed by atoms with Gasteiger partial charge in [-0.15, -0.1) is 0 Å². The molecule has 0 aromatic heterocycles. The van der Waals surface area contributed by atoms with Crippen molar-refractivity contribution in [3.8, 4) is 0 Å². The summed E-state index contributed by atoms with van der Waals surface area (Å²) in [4.78, 5) is 53.3. The summed E-state index contributed by atoms with van der Waals surface area (Å²) in [7, 11) is 5.38. The zero-order valence-corrected chi connectivity index (χ0v) is 20.3. The summed E-state index contributed by atoms with van der Waals surface area (Å²) in [5, 5.41) is 5.63. The van der Waals surface area contributed by atoms with Gasteiger partial charge in [0.05, 0.1) is 0 Å². The highest BCUT2D eigenvalue weighted by molar-refractivity contribution is 5.94. The number of carbonyl (C=O) groups excluding carboxylic acids is 4. The van der Waals surface area contributed by atoms with Gasteiger partial charge in [0.2, 0.25) is 17.7 Å². The highest BCUT2D eigenvalue weighted by Gasteiger charge is 2.34. The van der Waals surface area contributed by atoms with Gasteiger partial charge < -0.3 is 20.4 Å². The third kappa shape index (κ3) is 10.2. The average Bonchev–Trinajstić information content (AvgIpc) is 2.62. The van der Waals surface area contributed by atoms with Gasteiger partial charge in [-0.3, -0.25) is 19.2 Å². The first-order chi connectivity index (χ1) is 13.7. The highest BCUT2D eigenvalue weighted by Crippen LogP contribution is 2.20. The quantitative estimate of drug-likeness (QED) is 0.490. The van der Waals surface area contributed by atoms with Crippen LogP contribution < -0.4 is 10.6 Å². The third-order valence-electron chi connectivity index (χ3n) is 5.01. The first-order valence-corrected chi connectivity index (χ1v) is 10.7. The smallest absolute Gasteiger partial charge is 0.243 e. The van der Waals surface area contributed by atoms with Crippen molar-refractivity contribution >= 4 is 23.5 Å². The number of carbonyl (C=O) groups is 4. The highest BCUT2D eigenvalue weighted by atomic mass is 16.2. The molecule has 0 aromatic carbocycles. The van der Waals surface area contributed by atoms with Crippen LogP contribution in [0, 0.1) is 17.3 Å². The van der Waals surface area contributed by atoms with Crippen LogP contribution in [-0.4, -0.2) is 80.1 Å². The molecule has 3 amide bonds. The molecule has 8 nitrogen and oxygen atoms in total. The van der Waals surface area contributed by atoms with Crippen LogP contribution in [0.4, 0.5) is 0 Å². The fourth-order valence-corrected chi connectivity index (χ4v) is 2.65. The summed E-state index contributed by atoms with van der Waals surface area (Å²) in [6.07, 6.45) is 0.431. The molecule has 0 saturated carbocycles. The van der Waals surface area contributed by atoms with E-state index in [4.69, 9.17) is 0 Å². The van der Waals surface area contributed by atoms with Gasteiger partial charge in [0.1, 0.15) is 11.8 Å². The van der Waals surface area contributed by atoms with Crippen LogP contribution in [0.25, 0.3) is 0 Å². The van der Waals surface area contributed by atoms with Crippen molar-refractivity contribution in [3.05, 3.63) is 0 Å². The Hall–Kier alpha value is -1.96. The Balaban J connectivity index is 5.16. The van der Waals surface area contributed by atoms with Crippen LogP contribution >= 0.6 is 0 Å². The maximum Gasteiger partial charge on any atom is 0.243 e. The number of hydrogen-bond acceptors (Lipinski definition) is 5. The largest absolute Gasteiger partial charge is 0.356 e. The lowest BCUT2D eigenvalue weighted by Crippen LogP contribution is -2.51. The molecule has 0 aliphatic rings. The normalized spacial score (nSPS) is 13.7. The number of ketones is 1. The van der Waals surface area contributed by atoms with Crippen molar-refractivity contribution in [2.75, 3.05) is 40.8 Å². The molecule has 0 fully saturated rings. The van der Waals surface area contributed by atoms with Crippen LogP contribution in [0.2, 0.25) is 0 Å². The molecule has 174 valence electrons. The monoisotopic (exact) mass is 426 g/mol. The Bertz CT molecular complexity index is 596. The minimum atomic E-state index is -0.862. The molecule has 0 aromatic rings. The van der Waals surface area contributed by atoms with Crippen LogP contribution in [0.15, 0.2) is 0 Å². The first kappa shape index (κ1) is 28.0. The van der Waals surface area contributed by atoms with E-state index in [-0.39, 0.29) is 41.8 Å². The van der Waals surface area contributed by atoms with Crippen LogP contribution in [0.1, 0.15) is 54.4 Å². The maximum absolute atomic E-state index is 12.9. The second kappa shape index (κ2) is 12.7. The molecule has 0 bridgehead atoms. The molecule has 2 atom stereocenters. The maximum atomic E-state index is 12.9. The number of hydrogen-bond donors (Lipinski definition) is 2. The molecule has 0 aliphatic carbocycles. The number of Topliss-reactive ketones (excluding diaryl/α,β-unsaturated/α-hetero) is 1. The molecule has 2 unspecified atom stereocenters. The summed E-state index contributed by atoms with van der Waals surface area (Å²) in [6.45, 7) is 12.3. The molecular weight excluding hydrogens is 384 g/mol. The molecule has 30 heavy (non-hydrogen) atoms. The molecule has 0 heterocycles. The van der Waals surface area contributed by atoms with Gasteiger partial charge in [-0.05, 0) is 20.5 Å².